The van der Waals surface area contributed by atoms with Gasteiger partial charge in [0, 0.05) is 34.3 Å². The predicted molar refractivity (Wildman–Crippen MR) is 195 cm³/mol. The summed E-state index contributed by atoms with van der Waals surface area (Å²) in [5, 5.41) is 19.5. The van der Waals surface area contributed by atoms with Gasteiger partial charge in [-0.2, -0.15) is 10.00 Å². The molecule has 262 valence electrons. The first-order valence-corrected chi connectivity index (χ1v) is 18.2. The number of urea groups is 1. The number of phenolic OH excluding ortho intramolecular Hbond substituents is 1. The quantitative estimate of drug-likeness (QED) is 0.160. The fourth-order valence-electron chi connectivity index (χ4n) is 9.56. The number of benzene rings is 3. The van der Waals surface area contributed by atoms with Gasteiger partial charge in [-0.15, -0.1) is 11.3 Å². The fraction of sp³-hybridized carbons (Fsp3) is 0.282. The number of nitrogens with two attached hydrogens (primary N) is 1. The summed E-state index contributed by atoms with van der Waals surface area (Å²) in [6.45, 7) is 3.75. The van der Waals surface area contributed by atoms with E-state index in [0.717, 1.165) is 25.9 Å². The first-order valence-electron chi connectivity index (χ1n) is 17.0. The first-order chi connectivity index (χ1) is 24.8. The number of fused-ring (bicyclic) bond motifs is 6. The van der Waals surface area contributed by atoms with E-state index in [4.69, 9.17) is 22.4 Å². The number of nitrogens with zero attached hydrogens (tertiary/aromatic N) is 4. The van der Waals surface area contributed by atoms with Crippen LogP contribution in [0.4, 0.5) is 10.6 Å². The smallest absolute Gasteiger partial charge is 0.328 e. The monoisotopic (exact) mass is 733 g/mol. The van der Waals surface area contributed by atoms with Crippen LogP contribution in [-0.2, 0) is 26.2 Å². The molecular formula is C39H32ClN5O6S. The number of aryl methyl sites for hydroxylation is 2. The molecule has 6 atom stereocenters. The molecule has 2 saturated heterocycles. The summed E-state index contributed by atoms with van der Waals surface area (Å²) in [5.74, 6) is -6.29. The minimum atomic E-state index is -1.41. The molecule has 0 spiro atoms. The van der Waals surface area contributed by atoms with Gasteiger partial charge in [0.25, 0.3) is 0 Å². The number of hydrogen-bond acceptors (Lipinski definition) is 8. The van der Waals surface area contributed by atoms with Crippen molar-refractivity contribution in [3.05, 3.63) is 88.5 Å². The van der Waals surface area contributed by atoms with Crippen molar-refractivity contribution in [2.45, 2.75) is 32.6 Å². The van der Waals surface area contributed by atoms with E-state index in [0.29, 0.717) is 38.0 Å². The Balaban J connectivity index is 1.22. The Bertz CT molecular complexity index is 2520. The molecule has 4 heterocycles. The Hall–Kier alpha value is -5.33. The molecule has 2 aromatic heterocycles. The van der Waals surface area contributed by atoms with Crippen LogP contribution in [0.1, 0.15) is 36.8 Å². The average molecular weight is 734 g/mol. The zero-order valence-electron chi connectivity index (χ0n) is 28.3. The van der Waals surface area contributed by atoms with Crippen LogP contribution in [-0.4, -0.2) is 49.4 Å². The molecule has 11 nitrogen and oxygen atoms in total. The van der Waals surface area contributed by atoms with Crippen molar-refractivity contribution >= 4 is 79.3 Å². The zero-order valence-corrected chi connectivity index (χ0v) is 29.9. The van der Waals surface area contributed by atoms with Gasteiger partial charge >= 0.3 is 6.03 Å². The molecular weight excluding hydrogens is 702 g/mol. The molecule has 5 aromatic rings. The maximum atomic E-state index is 15.2. The number of amides is 6. The molecule has 1 saturated carbocycles. The van der Waals surface area contributed by atoms with Gasteiger partial charge in [-0.25, -0.2) is 9.69 Å². The minimum Gasteiger partial charge on any atom is -0.508 e. The van der Waals surface area contributed by atoms with E-state index < -0.39 is 64.7 Å². The van der Waals surface area contributed by atoms with Gasteiger partial charge in [0.1, 0.15) is 17.3 Å². The second-order valence-corrected chi connectivity index (χ2v) is 15.9. The van der Waals surface area contributed by atoms with Gasteiger partial charge in [0.05, 0.1) is 28.0 Å². The lowest BCUT2D eigenvalue weighted by Gasteiger charge is -2.49. The van der Waals surface area contributed by atoms with Crippen LogP contribution in [0, 0.1) is 36.0 Å². The summed E-state index contributed by atoms with van der Waals surface area (Å²) in [6, 6.07) is 17.2. The van der Waals surface area contributed by atoms with Crippen molar-refractivity contribution in [3.63, 3.8) is 0 Å². The second-order valence-electron chi connectivity index (χ2n) is 14.4. The van der Waals surface area contributed by atoms with Crippen molar-refractivity contribution in [2.24, 2.45) is 41.9 Å². The number of thiophene rings is 1. The normalized spacial score (nSPS) is 27.0. The number of hydrogen-bond donors (Lipinski definition) is 2. The molecule has 2 aliphatic heterocycles. The minimum absolute atomic E-state index is 0.0539. The maximum absolute atomic E-state index is 15.2. The molecule has 9 rings (SSSR count). The largest absolute Gasteiger partial charge is 0.508 e. The highest BCUT2D eigenvalue weighted by molar-refractivity contribution is 7.22. The topological polar surface area (TPSA) is 156 Å². The van der Waals surface area contributed by atoms with Crippen LogP contribution in [0.25, 0.3) is 31.4 Å². The van der Waals surface area contributed by atoms with Gasteiger partial charge in [-0.1, -0.05) is 53.6 Å². The third-order valence-electron chi connectivity index (χ3n) is 11.9. The van der Waals surface area contributed by atoms with E-state index in [-0.39, 0.29) is 18.6 Å². The number of anilines is 1. The Kier molecular flexibility index (Phi) is 6.94. The maximum Gasteiger partial charge on any atom is 0.328 e. The van der Waals surface area contributed by atoms with Gasteiger partial charge in [-0.05, 0) is 78.6 Å². The second kappa shape index (κ2) is 11.1. The van der Waals surface area contributed by atoms with Crippen LogP contribution in [0.2, 0.25) is 5.02 Å². The highest BCUT2D eigenvalue weighted by Gasteiger charge is 2.68. The van der Waals surface area contributed by atoms with Crippen molar-refractivity contribution in [1.82, 2.24) is 14.7 Å². The summed E-state index contributed by atoms with van der Waals surface area (Å²) in [4.78, 5) is 72.0. The van der Waals surface area contributed by atoms with E-state index >= 15 is 4.79 Å². The molecule has 13 heteroatoms. The lowest BCUT2D eigenvalue weighted by atomic mass is 9.51. The standard InChI is InChI=1S/C39H32ClN5O6S/c1-17-23-14-19(40)9-13-28(23)52-33(17)26-16-29(43(3)42-26)44-35(48)25-15-24-21(10-11-22-30(24)36(49)45(34(22)47)38(41)51)32(39(25,2)37(44)50)31-20-7-5-4-6-18(20)8-12-27(31)46/h4-10,12-14,16,22,24-25,30,32,46H,11,15H2,1-3H3,(H2,41,51). The third kappa shape index (κ3) is 4.19. The van der Waals surface area contributed by atoms with Crippen LogP contribution in [0.15, 0.2) is 72.3 Å². The zero-order chi connectivity index (χ0) is 36.5. The number of phenols is 1. The number of aromatic nitrogens is 2. The van der Waals surface area contributed by atoms with E-state index in [1.807, 2.05) is 55.5 Å². The first kappa shape index (κ1) is 32.6. The van der Waals surface area contributed by atoms with Crippen LogP contribution >= 0.6 is 22.9 Å². The number of allylic oxidation sites excluding steroid dienone is 2. The van der Waals surface area contributed by atoms with E-state index in [2.05, 4.69) is 0 Å². The van der Waals surface area contributed by atoms with Crippen molar-refractivity contribution in [3.8, 4) is 16.3 Å². The summed E-state index contributed by atoms with van der Waals surface area (Å²) < 4.78 is 2.55. The Morgan fingerprint density at radius 2 is 1.77 bits per heavy atom. The Morgan fingerprint density at radius 3 is 2.54 bits per heavy atom. The molecule has 6 unspecified atom stereocenters. The molecule has 2 aliphatic carbocycles. The highest BCUT2D eigenvalue weighted by atomic mass is 35.5. The average Bonchev–Trinajstić information content (AvgIpc) is 3.78. The van der Waals surface area contributed by atoms with Crippen LogP contribution in [0.3, 0.4) is 0 Å². The lowest BCUT2D eigenvalue weighted by Crippen LogP contribution is -2.49. The number of carbonyl (C=O) groups excluding carboxylic acids is 5. The SMILES string of the molecule is Cc1c(-c2cc(N3C(=O)C4CC5C(=CCC6C(=O)N(C(N)=O)C(=O)C65)C(c5c(O)ccc6ccccc56)C4(C)C3=O)n(C)n2)sc2ccc(Cl)cc12. The van der Waals surface area contributed by atoms with Crippen LogP contribution < -0.4 is 10.6 Å². The van der Waals surface area contributed by atoms with Crippen molar-refractivity contribution in [1.29, 1.82) is 0 Å². The van der Waals surface area contributed by atoms with Crippen LogP contribution in [0.5, 0.6) is 5.75 Å². The number of carbonyl (C=O) groups is 5. The molecule has 52 heavy (non-hydrogen) atoms. The molecule has 3 aromatic carbocycles. The molecule has 0 radical (unpaired) electrons. The summed E-state index contributed by atoms with van der Waals surface area (Å²) in [6.07, 6.45) is 2.09. The number of primary amides is 1. The molecule has 4 aliphatic rings. The predicted octanol–water partition coefficient (Wildman–Crippen LogP) is 6.43. The number of rotatable bonds is 3. The Labute approximate surface area is 306 Å². The van der Waals surface area contributed by atoms with Crippen molar-refractivity contribution in [2.75, 3.05) is 4.90 Å². The van der Waals surface area contributed by atoms with E-state index in [1.54, 1.807) is 43.5 Å². The number of likely N-dealkylation sites (tertiary alicyclic amines) is 1. The summed E-state index contributed by atoms with van der Waals surface area (Å²) >= 11 is 7.84. The van der Waals surface area contributed by atoms with E-state index in [9.17, 15) is 24.3 Å². The van der Waals surface area contributed by atoms with Gasteiger partial charge < -0.3 is 10.8 Å². The molecule has 0 bridgehead atoms. The van der Waals surface area contributed by atoms with Crippen molar-refractivity contribution < 1.29 is 29.1 Å². The molecule has 3 N–H and O–H groups in total. The van der Waals surface area contributed by atoms with E-state index in [1.165, 1.54) is 9.58 Å². The summed E-state index contributed by atoms with van der Waals surface area (Å²) in [5.41, 5.74) is 6.83. The fourth-order valence-corrected chi connectivity index (χ4v) is 10.9. The number of aromatic hydroxyl groups is 1. The Morgan fingerprint density at radius 1 is 1.00 bits per heavy atom. The highest BCUT2D eigenvalue weighted by Crippen LogP contribution is 2.65. The van der Waals surface area contributed by atoms with Gasteiger partial charge in [0.15, 0.2) is 0 Å². The lowest BCUT2D eigenvalue weighted by molar-refractivity contribution is -0.136. The molecule has 6 amide bonds. The van der Waals surface area contributed by atoms with Gasteiger partial charge in [0.2, 0.25) is 23.6 Å². The summed E-state index contributed by atoms with van der Waals surface area (Å²) in [7, 11) is 1.69. The third-order valence-corrected chi connectivity index (χ3v) is 13.5. The number of imide groups is 4. The van der Waals surface area contributed by atoms with Gasteiger partial charge in [-0.3, -0.25) is 23.9 Å². The number of halogens is 1. The molecule has 3 fully saturated rings.